The predicted octanol–water partition coefficient (Wildman–Crippen LogP) is 3.76. The summed E-state index contributed by atoms with van der Waals surface area (Å²) in [5, 5.41) is 14.2. The van der Waals surface area contributed by atoms with Crippen LogP contribution < -0.4 is 5.32 Å². The molecule has 1 heterocycles. The van der Waals surface area contributed by atoms with Gasteiger partial charge >= 0.3 is 5.88 Å². The van der Waals surface area contributed by atoms with Gasteiger partial charge in [-0.3, -0.25) is 10.1 Å². The number of hydrogen-bond donors (Lipinski definition) is 1. The molecule has 1 N–H and O–H groups in total. The number of aryl methyl sites for hydroxylation is 1. The summed E-state index contributed by atoms with van der Waals surface area (Å²) in [5.41, 5.74) is 1.81. The highest BCUT2D eigenvalue weighted by Gasteiger charge is 2.12. The summed E-state index contributed by atoms with van der Waals surface area (Å²) in [6.45, 7) is 2.28. The molecule has 5 nitrogen and oxygen atoms in total. The van der Waals surface area contributed by atoms with Crippen LogP contribution in [0, 0.1) is 17.0 Å². The Hall–Kier alpha value is -2.01. The average Bonchev–Trinajstić information content (AvgIpc) is 2.77. The molecule has 0 saturated heterocycles. The van der Waals surface area contributed by atoms with Crippen molar-refractivity contribution in [3.8, 4) is 0 Å². The number of furan rings is 1. The highest BCUT2D eigenvalue weighted by Crippen LogP contribution is 2.26. The highest BCUT2D eigenvalue weighted by molar-refractivity contribution is 6.33. The summed E-state index contributed by atoms with van der Waals surface area (Å²) in [7, 11) is 0. The number of benzene rings is 1. The van der Waals surface area contributed by atoms with Crippen LogP contribution in [0.25, 0.3) is 0 Å². The molecule has 0 aliphatic rings. The van der Waals surface area contributed by atoms with E-state index in [0.717, 1.165) is 11.3 Å². The van der Waals surface area contributed by atoms with E-state index in [1.54, 1.807) is 12.1 Å². The van der Waals surface area contributed by atoms with Gasteiger partial charge in [0, 0.05) is 0 Å². The van der Waals surface area contributed by atoms with Crippen LogP contribution in [0.3, 0.4) is 0 Å². The van der Waals surface area contributed by atoms with Crippen LogP contribution in [-0.4, -0.2) is 4.92 Å². The van der Waals surface area contributed by atoms with Gasteiger partial charge in [-0.1, -0.05) is 23.7 Å². The van der Waals surface area contributed by atoms with E-state index in [0.29, 0.717) is 17.3 Å². The minimum Gasteiger partial charge on any atom is -0.404 e. The Kier molecular flexibility index (Phi) is 3.53. The molecule has 0 radical (unpaired) electrons. The normalized spacial score (nSPS) is 10.3. The average molecular weight is 267 g/mol. The number of nitrogens with zero attached hydrogens (tertiary/aromatic N) is 1. The molecule has 18 heavy (non-hydrogen) atoms. The molecule has 0 saturated carbocycles. The molecule has 0 amide bonds. The number of nitro groups is 1. The summed E-state index contributed by atoms with van der Waals surface area (Å²) < 4.78 is 5.04. The molecule has 1 aromatic heterocycles. The second kappa shape index (κ2) is 5.10. The van der Waals surface area contributed by atoms with E-state index in [2.05, 4.69) is 5.32 Å². The van der Waals surface area contributed by atoms with Gasteiger partial charge in [-0.15, -0.1) is 0 Å². The van der Waals surface area contributed by atoms with Crippen LogP contribution in [0.5, 0.6) is 0 Å². The number of nitrogens with one attached hydrogen (secondary N) is 1. The van der Waals surface area contributed by atoms with Gasteiger partial charge in [0.25, 0.3) is 0 Å². The molecular formula is C12H11ClN2O3. The van der Waals surface area contributed by atoms with Crippen LogP contribution in [0.4, 0.5) is 11.6 Å². The van der Waals surface area contributed by atoms with Crippen molar-refractivity contribution in [1.82, 2.24) is 0 Å². The maximum atomic E-state index is 10.5. The van der Waals surface area contributed by atoms with Gasteiger partial charge in [-0.25, -0.2) is 0 Å². The molecule has 0 spiro atoms. The summed E-state index contributed by atoms with van der Waals surface area (Å²) >= 11 is 6.05. The van der Waals surface area contributed by atoms with Crippen molar-refractivity contribution in [1.29, 1.82) is 0 Å². The fraction of sp³-hybridized carbons (Fsp3) is 0.167. The molecule has 0 bridgehead atoms. The molecule has 0 atom stereocenters. The van der Waals surface area contributed by atoms with Gasteiger partial charge in [0.2, 0.25) is 0 Å². The van der Waals surface area contributed by atoms with Crippen molar-refractivity contribution >= 4 is 23.2 Å². The topological polar surface area (TPSA) is 68.3 Å². The molecular weight excluding hydrogens is 256 g/mol. The Balaban J connectivity index is 2.09. The minimum absolute atomic E-state index is 0.261. The van der Waals surface area contributed by atoms with Crippen molar-refractivity contribution in [3.05, 3.63) is 56.8 Å². The fourth-order valence-electron chi connectivity index (χ4n) is 1.59. The zero-order chi connectivity index (χ0) is 13.1. The smallest absolute Gasteiger partial charge is 0.404 e. The SMILES string of the molecule is Cc1cccc(Cl)c1NCc1ccc([N+](=O)[O-])o1. The predicted molar refractivity (Wildman–Crippen MR) is 68.9 cm³/mol. The lowest BCUT2D eigenvalue weighted by atomic mass is 10.2. The monoisotopic (exact) mass is 266 g/mol. The third-order valence-corrected chi connectivity index (χ3v) is 2.80. The first-order valence-corrected chi connectivity index (χ1v) is 5.68. The van der Waals surface area contributed by atoms with Gasteiger partial charge in [0.05, 0.1) is 23.3 Å². The van der Waals surface area contributed by atoms with Crippen molar-refractivity contribution in [3.63, 3.8) is 0 Å². The fourth-order valence-corrected chi connectivity index (χ4v) is 1.88. The molecule has 0 fully saturated rings. The first-order chi connectivity index (χ1) is 8.58. The van der Waals surface area contributed by atoms with E-state index < -0.39 is 4.92 Å². The third-order valence-electron chi connectivity index (χ3n) is 2.49. The molecule has 0 unspecified atom stereocenters. The molecule has 6 heteroatoms. The molecule has 0 aliphatic carbocycles. The Labute approximate surface area is 109 Å². The Morgan fingerprint density at radius 2 is 2.17 bits per heavy atom. The molecule has 2 rings (SSSR count). The van der Waals surface area contributed by atoms with E-state index in [1.807, 2.05) is 19.1 Å². The largest absolute Gasteiger partial charge is 0.433 e. The Morgan fingerprint density at radius 1 is 1.39 bits per heavy atom. The van der Waals surface area contributed by atoms with Gasteiger partial charge < -0.3 is 9.73 Å². The summed E-state index contributed by atoms with van der Waals surface area (Å²) in [5.74, 6) is 0.226. The van der Waals surface area contributed by atoms with Gasteiger partial charge in [-0.05, 0) is 24.6 Å². The molecule has 1 aromatic carbocycles. The van der Waals surface area contributed by atoms with Crippen LogP contribution in [0.15, 0.2) is 34.7 Å². The Bertz CT molecular complexity index is 560. The maximum absolute atomic E-state index is 10.5. The van der Waals surface area contributed by atoms with E-state index >= 15 is 0 Å². The van der Waals surface area contributed by atoms with Crippen LogP contribution in [0.1, 0.15) is 11.3 Å². The number of anilines is 1. The summed E-state index contributed by atoms with van der Waals surface area (Å²) in [6, 6.07) is 8.47. The number of halogens is 1. The lowest BCUT2D eigenvalue weighted by Crippen LogP contribution is -2.00. The lowest BCUT2D eigenvalue weighted by molar-refractivity contribution is -0.402. The molecule has 0 aliphatic heterocycles. The lowest BCUT2D eigenvalue weighted by Gasteiger charge is -2.09. The van der Waals surface area contributed by atoms with Gasteiger partial charge in [0.15, 0.2) is 0 Å². The molecule has 2 aromatic rings. The third kappa shape index (κ3) is 2.62. The van der Waals surface area contributed by atoms with Crippen molar-refractivity contribution in [2.45, 2.75) is 13.5 Å². The van der Waals surface area contributed by atoms with E-state index in [1.165, 1.54) is 6.07 Å². The van der Waals surface area contributed by atoms with Gasteiger partial charge in [0.1, 0.15) is 10.7 Å². The quantitative estimate of drug-likeness (QED) is 0.676. The number of para-hydroxylation sites is 1. The van der Waals surface area contributed by atoms with Crippen molar-refractivity contribution < 1.29 is 9.34 Å². The van der Waals surface area contributed by atoms with E-state index in [-0.39, 0.29) is 5.88 Å². The first-order valence-electron chi connectivity index (χ1n) is 5.30. The van der Waals surface area contributed by atoms with Gasteiger partial charge in [-0.2, -0.15) is 0 Å². The zero-order valence-corrected chi connectivity index (χ0v) is 10.4. The standard InChI is InChI=1S/C12H11ClN2O3/c1-8-3-2-4-10(13)12(8)14-7-9-5-6-11(18-9)15(16)17/h2-6,14H,7H2,1H3. The van der Waals surface area contributed by atoms with Crippen molar-refractivity contribution in [2.24, 2.45) is 0 Å². The molecule has 94 valence electrons. The minimum atomic E-state index is -0.565. The van der Waals surface area contributed by atoms with E-state index in [9.17, 15) is 10.1 Å². The summed E-state index contributed by atoms with van der Waals surface area (Å²) in [4.78, 5) is 9.90. The van der Waals surface area contributed by atoms with Crippen LogP contribution in [-0.2, 0) is 6.54 Å². The highest BCUT2D eigenvalue weighted by atomic mass is 35.5. The number of hydrogen-bond acceptors (Lipinski definition) is 4. The second-order valence-electron chi connectivity index (χ2n) is 3.78. The second-order valence-corrected chi connectivity index (χ2v) is 4.19. The maximum Gasteiger partial charge on any atom is 0.433 e. The van der Waals surface area contributed by atoms with Crippen LogP contribution >= 0.6 is 11.6 Å². The van der Waals surface area contributed by atoms with Crippen molar-refractivity contribution in [2.75, 3.05) is 5.32 Å². The zero-order valence-electron chi connectivity index (χ0n) is 9.64. The van der Waals surface area contributed by atoms with Crippen LogP contribution in [0.2, 0.25) is 5.02 Å². The first kappa shape index (κ1) is 12.4. The van der Waals surface area contributed by atoms with E-state index in [4.69, 9.17) is 16.0 Å². The summed E-state index contributed by atoms with van der Waals surface area (Å²) in [6.07, 6.45) is 0. The Morgan fingerprint density at radius 3 is 2.78 bits per heavy atom. The number of rotatable bonds is 4.